The van der Waals surface area contributed by atoms with Gasteiger partial charge in [-0.05, 0) is 19.1 Å². The van der Waals surface area contributed by atoms with Gasteiger partial charge in [0, 0.05) is 51.8 Å². The van der Waals surface area contributed by atoms with Crippen LogP contribution in [0.2, 0.25) is 0 Å². The fourth-order valence-corrected chi connectivity index (χ4v) is 2.55. The number of likely N-dealkylation sites (tertiary alicyclic amines) is 1. The maximum atomic E-state index is 11.9. The van der Waals surface area contributed by atoms with Crippen LogP contribution in [0.1, 0.15) is 23.7 Å². The number of nitrogens with one attached hydrogen (secondary N) is 2. The van der Waals surface area contributed by atoms with E-state index in [0.29, 0.717) is 44.0 Å². The number of carbonyl (C=O) groups excluding carboxylic acids is 2. The van der Waals surface area contributed by atoms with Crippen LogP contribution < -0.4 is 10.6 Å². The van der Waals surface area contributed by atoms with E-state index in [4.69, 9.17) is 4.74 Å². The number of hydrogen-bond donors (Lipinski definition) is 2. The second kappa shape index (κ2) is 8.47. The summed E-state index contributed by atoms with van der Waals surface area (Å²) in [7, 11) is 1.63. The summed E-state index contributed by atoms with van der Waals surface area (Å²) in [4.78, 5) is 29.6. The minimum atomic E-state index is -0.123. The molecule has 0 aromatic carbocycles. The first-order valence-corrected chi connectivity index (χ1v) is 7.88. The molecule has 1 aliphatic heterocycles. The van der Waals surface area contributed by atoms with E-state index in [9.17, 15) is 9.59 Å². The third-order valence-electron chi connectivity index (χ3n) is 3.79. The summed E-state index contributed by atoms with van der Waals surface area (Å²) >= 11 is 0. The second-order valence-electron chi connectivity index (χ2n) is 5.58. The number of methoxy groups -OCH3 is 1. The molecule has 1 aliphatic rings. The first-order chi connectivity index (χ1) is 11.1. The Morgan fingerprint density at radius 1 is 1.48 bits per heavy atom. The molecular formula is C16H24N4O3. The molecule has 2 heterocycles. The molecule has 1 aromatic heterocycles. The Balaban J connectivity index is 1.80. The maximum Gasteiger partial charge on any atom is 0.252 e. The predicted octanol–water partition coefficient (Wildman–Crippen LogP) is 0.738. The largest absolute Gasteiger partial charge is 0.383 e. The van der Waals surface area contributed by atoms with E-state index >= 15 is 0 Å². The number of hydrogen-bond acceptors (Lipinski definition) is 5. The van der Waals surface area contributed by atoms with Gasteiger partial charge in [0.1, 0.15) is 5.82 Å². The van der Waals surface area contributed by atoms with E-state index in [1.54, 1.807) is 25.4 Å². The molecule has 23 heavy (non-hydrogen) atoms. The Hall–Kier alpha value is -2.15. The number of pyridine rings is 1. The fourth-order valence-electron chi connectivity index (χ4n) is 2.55. The van der Waals surface area contributed by atoms with Crippen molar-refractivity contribution in [2.45, 2.75) is 13.3 Å². The van der Waals surface area contributed by atoms with Gasteiger partial charge in [-0.25, -0.2) is 4.98 Å². The summed E-state index contributed by atoms with van der Waals surface area (Å²) in [6.45, 7) is 5.10. The van der Waals surface area contributed by atoms with Crippen LogP contribution in [0.15, 0.2) is 18.3 Å². The molecule has 126 valence electrons. The van der Waals surface area contributed by atoms with Gasteiger partial charge in [-0.3, -0.25) is 9.59 Å². The molecular weight excluding hydrogens is 296 g/mol. The van der Waals surface area contributed by atoms with Crippen molar-refractivity contribution in [1.29, 1.82) is 0 Å². The molecule has 0 aliphatic carbocycles. The number of aromatic nitrogens is 1. The lowest BCUT2D eigenvalue weighted by Gasteiger charge is -2.16. The van der Waals surface area contributed by atoms with Crippen molar-refractivity contribution >= 4 is 17.6 Å². The van der Waals surface area contributed by atoms with Gasteiger partial charge in [0.25, 0.3) is 5.91 Å². The van der Waals surface area contributed by atoms with Gasteiger partial charge in [0.15, 0.2) is 0 Å². The quantitative estimate of drug-likeness (QED) is 0.738. The Labute approximate surface area is 136 Å². The van der Waals surface area contributed by atoms with Gasteiger partial charge in [0.05, 0.1) is 12.2 Å². The number of ether oxygens (including phenoxy) is 1. The van der Waals surface area contributed by atoms with Crippen molar-refractivity contribution in [2.24, 2.45) is 5.92 Å². The van der Waals surface area contributed by atoms with Gasteiger partial charge in [-0.1, -0.05) is 0 Å². The minimum Gasteiger partial charge on any atom is -0.383 e. The molecule has 0 bridgehead atoms. The number of carbonyl (C=O) groups is 2. The maximum absolute atomic E-state index is 11.9. The Bertz CT molecular complexity index is 533. The monoisotopic (exact) mass is 320 g/mol. The second-order valence-corrected chi connectivity index (χ2v) is 5.58. The average Bonchev–Trinajstić information content (AvgIpc) is 2.91. The van der Waals surface area contributed by atoms with E-state index in [2.05, 4.69) is 15.6 Å². The van der Waals surface area contributed by atoms with Crippen LogP contribution in [-0.2, 0) is 9.53 Å². The summed E-state index contributed by atoms with van der Waals surface area (Å²) < 4.78 is 5.01. The molecule has 1 saturated heterocycles. The van der Waals surface area contributed by atoms with Crippen LogP contribution >= 0.6 is 0 Å². The zero-order valence-corrected chi connectivity index (χ0v) is 13.7. The van der Waals surface area contributed by atoms with Crippen molar-refractivity contribution in [2.75, 3.05) is 45.2 Å². The summed E-state index contributed by atoms with van der Waals surface area (Å²) in [5.74, 6) is 1.03. The average molecular weight is 320 g/mol. The van der Waals surface area contributed by atoms with Gasteiger partial charge in [-0.15, -0.1) is 0 Å². The van der Waals surface area contributed by atoms with Crippen molar-refractivity contribution < 1.29 is 14.3 Å². The number of nitrogens with zero attached hydrogens (tertiary/aromatic N) is 2. The molecule has 0 radical (unpaired) electrons. The van der Waals surface area contributed by atoms with Crippen LogP contribution in [0.5, 0.6) is 0 Å². The molecule has 7 heteroatoms. The minimum absolute atomic E-state index is 0.123. The lowest BCUT2D eigenvalue weighted by atomic mass is 10.1. The van der Waals surface area contributed by atoms with Crippen LogP contribution in [0.4, 0.5) is 5.82 Å². The molecule has 2 amide bonds. The SMILES string of the molecule is CCNC(=O)c1ccc(NCC2CC(=O)N(CCOC)C2)nc1. The highest BCUT2D eigenvalue weighted by Crippen LogP contribution is 2.18. The van der Waals surface area contributed by atoms with E-state index in [0.717, 1.165) is 6.54 Å². The Kier molecular flexibility index (Phi) is 6.34. The van der Waals surface area contributed by atoms with Crippen LogP contribution in [0, 0.1) is 5.92 Å². The summed E-state index contributed by atoms with van der Waals surface area (Å²) in [5, 5.41) is 5.96. The fraction of sp³-hybridized carbons (Fsp3) is 0.562. The number of rotatable bonds is 8. The summed E-state index contributed by atoms with van der Waals surface area (Å²) in [6, 6.07) is 3.52. The number of amides is 2. The van der Waals surface area contributed by atoms with Crippen molar-refractivity contribution in [1.82, 2.24) is 15.2 Å². The molecule has 2 rings (SSSR count). The Morgan fingerprint density at radius 2 is 2.30 bits per heavy atom. The van der Waals surface area contributed by atoms with E-state index in [1.807, 2.05) is 11.8 Å². The van der Waals surface area contributed by atoms with E-state index in [1.165, 1.54) is 0 Å². The van der Waals surface area contributed by atoms with Crippen LogP contribution in [0.25, 0.3) is 0 Å². The van der Waals surface area contributed by atoms with Crippen LogP contribution in [-0.4, -0.2) is 61.6 Å². The standard InChI is InChI=1S/C16H24N4O3/c1-3-17-16(22)13-4-5-14(19-10-13)18-9-12-8-15(21)20(11-12)6-7-23-2/h4-5,10,12H,3,6-9,11H2,1-2H3,(H,17,22)(H,18,19). The lowest BCUT2D eigenvalue weighted by molar-refractivity contribution is -0.128. The highest BCUT2D eigenvalue weighted by atomic mass is 16.5. The van der Waals surface area contributed by atoms with Gasteiger partial charge < -0.3 is 20.3 Å². The topological polar surface area (TPSA) is 83.6 Å². The van der Waals surface area contributed by atoms with Crippen molar-refractivity contribution in [3.05, 3.63) is 23.9 Å². The first kappa shape index (κ1) is 17.2. The summed E-state index contributed by atoms with van der Waals surface area (Å²) in [5.41, 5.74) is 0.541. The molecule has 1 atom stereocenters. The molecule has 1 aromatic rings. The predicted molar refractivity (Wildman–Crippen MR) is 87.3 cm³/mol. The third kappa shape index (κ3) is 4.92. The summed E-state index contributed by atoms with van der Waals surface area (Å²) in [6.07, 6.45) is 2.10. The molecule has 1 unspecified atom stereocenters. The first-order valence-electron chi connectivity index (χ1n) is 7.88. The zero-order valence-electron chi connectivity index (χ0n) is 13.7. The normalized spacial score (nSPS) is 17.4. The van der Waals surface area contributed by atoms with Gasteiger partial charge in [-0.2, -0.15) is 0 Å². The van der Waals surface area contributed by atoms with Crippen molar-refractivity contribution in [3.8, 4) is 0 Å². The lowest BCUT2D eigenvalue weighted by Crippen LogP contribution is -2.29. The smallest absolute Gasteiger partial charge is 0.252 e. The number of anilines is 1. The zero-order chi connectivity index (χ0) is 16.7. The van der Waals surface area contributed by atoms with Crippen LogP contribution in [0.3, 0.4) is 0 Å². The highest BCUT2D eigenvalue weighted by molar-refractivity contribution is 5.93. The molecule has 7 nitrogen and oxygen atoms in total. The van der Waals surface area contributed by atoms with E-state index < -0.39 is 0 Å². The molecule has 0 spiro atoms. The third-order valence-corrected chi connectivity index (χ3v) is 3.79. The van der Waals surface area contributed by atoms with E-state index in [-0.39, 0.29) is 17.7 Å². The molecule has 1 fully saturated rings. The van der Waals surface area contributed by atoms with Gasteiger partial charge >= 0.3 is 0 Å². The van der Waals surface area contributed by atoms with Gasteiger partial charge in [0.2, 0.25) is 5.91 Å². The highest BCUT2D eigenvalue weighted by Gasteiger charge is 2.28. The molecule has 0 saturated carbocycles. The van der Waals surface area contributed by atoms with Crippen molar-refractivity contribution in [3.63, 3.8) is 0 Å². The Morgan fingerprint density at radius 3 is 2.96 bits per heavy atom. The molecule has 2 N–H and O–H groups in total.